The number of carbonyl (C=O) groups excluding carboxylic acids is 4. The van der Waals surface area contributed by atoms with Gasteiger partial charge < -0.3 is 42.5 Å². The summed E-state index contributed by atoms with van der Waals surface area (Å²) < 4.78 is 0. The van der Waals surface area contributed by atoms with Gasteiger partial charge in [-0.1, -0.05) is 18.2 Å². The maximum absolute atomic E-state index is 13.1. The van der Waals surface area contributed by atoms with Gasteiger partial charge in [-0.15, -0.1) is 0 Å². The molecule has 3 aromatic rings. The lowest BCUT2D eigenvalue weighted by atomic mass is 10.0. The van der Waals surface area contributed by atoms with Crippen LogP contribution >= 0.6 is 0 Å². The molecule has 1 aromatic carbocycles. The summed E-state index contributed by atoms with van der Waals surface area (Å²) in [7, 11) is 0. The van der Waals surface area contributed by atoms with Crippen molar-refractivity contribution in [3.63, 3.8) is 0 Å². The highest BCUT2D eigenvalue weighted by molar-refractivity contribution is 5.94. The topological polar surface area (TPSA) is 238 Å². The summed E-state index contributed by atoms with van der Waals surface area (Å²) in [6.45, 7) is -0.654. The number of H-pyrrole nitrogens is 2. The third-order valence-electron chi connectivity index (χ3n) is 5.79. The fourth-order valence-electron chi connectivity index (χ4n) is 3.85. The van der Waals surface area contributed by atoms with Crippen LogP contribution < -0.4 is 27.4 Å². The first kappa shape index (κ1) is 27.9. The number of para-hydroxylation sites is 1. The quantitative estimate of drug-likeness (QED) is 0.122. The first-order valence-corrected chi connectivity index (χ1v) is 11.8. The molecule has 14 nitrogen and oxygen atoms in total. The lowest BCUT2D eigenvalue weighted by Gasteiger charge is -2.23. The van der Waals surface area contributed by atoms with Gasteiger partial charge in [-0.05, 0) is 24.5 Å². The first-order valence-electron chi connectivity index (χ1n) is 11.8. The van der Waals surface area contributed by atoms with Crippen LogP contribution in [-0.4, -0.2) is 74.3 Å². The molecule has 10 N–H and O–H groups in total. The highest BCUT2D eigenvalue weighted by Gasteiger charge is 2.29. The Hall–Kier alpha value is -4.72. The number of carboxylic acid groups (broad SMARTS) is 1. The van der Waals surface area contributed by atoms with Crippen LogP contribution in [0.1, 0.15) is 24.1 Å². The standard InChI is InChI=1S/C24H30N8O6/c25-16(7-13-9-28-17-4-2-1-3-15(13)17)22(36)31-18(5-6-20(26)33)24(38)32-19(8-14-10-27-12-30-14)23(37)29-11-21(34)35/h1-4,9-10,12,16,18-19,28H,5-8,11,25H2,(H2,26,33)(H,27,30)(H,29,37)(H,31,36)(H,32,38)(H,34,35). The van der Waals surface area contributed by atoms with Gasteiger partial charge in [0, 0.05) is 41.8 Å². The Morgan fingerprint density at radius 3 is 2.39 bits per heavy atom. The van der Waals surface area contributed by atoms with Gasteiger partial charge >= 0.3 is 5.97 Å². The molecule has 0 radical (unpaired) electrons. The Bertz CT molecular complexity index is 1290. The predicted octanol–water partition coefficient (Wildman–Crippen LogP) is -1.56. The molecule has 0 saturated heterocycles. The van der Waals surface area contributed by atoms with Crippen LogP contribution in [0.25, 0.3) is 10.9 Å². The van der Waals surface area contributed by atoms with Crippen molar-refractivity contribution >= 4 is 40.5 Å². The van der Waals surface area contributed by atoms with Crippen molar-refractivity contribution in [3.8, 4) is 0 Å². The third-order valence-corrected chi connectivity index (χ3v) is 5.79. The number of nitrogens with one attached hydrogen (secondary N) is 5. The zero-order valence-electron chi connectivity index (χ0n) is 20.4. The minimum atomic E-state index is -1.26. The first-order chi connectivity index (χ1) is 18.1. The number of benzene rings is 1. The molecular formula is C24H30N8O6. The van der Waals surface area contributed by atoms with Crippen LogP contribution in [0.3, 0.4) is 0 Å². The minimum absolute atomic E-state index is 0.0340. The van der Waals surface area contributed by atoms with Gasteiger partial charge in [0.2, 0.25) is 23.6 Å². The SMILES string of the molecule is NC(=O)CCC(NC(=O)C(N)Cc1c[nH]c2ccccc12)C(=O)NC(Cc1cnc[nH]1)C(=O)NCC(=O)O. The lowest BCUT2D eigenvalue weighted by Crippen LogP contribution is -2.56. The van der Waals surface area contributed by atoms with Crippen molar-refractivity contribution in [3.05, 3.63) is 54.2 Å². The predicted molar refractivity (Wildman–Crippen MR) is 135 cm³/mol. The van der Waals surface area contributed by atoms with Gasteiger partial charge in [-0.3, -0.25) is 24.0 Å². The second-order valence-corrected chi connectivity index (χ2v) is 8.69. The number of aromatic amines is 2. The molecule has 3 atom stereocenters. The van der Waals surface area contributed by atoms with E-state index in [9.17, 15) is 24.0 Å². The van der Waals surface area contributed by atoms with Crippen LogP contribution in [0, 0.1) is 0 Å². The summed E-state index contributed by atoms with van der Waals surface area (Å²) in [5, 5.41) is 17.1. The highest BCUT2D eigenvalue weighted by Crippen LogP contribution is 2.18. The summed E-state index contributed by atoms with van der Waals surface area (Å²) in [5.74, 6) is -4.12. The average Bonchev–Trinajstić information content (AvgIpc) is 3.54. The van der Waals surface area contributed by atoms with E-state index in [1.165, 1.54) is 12.5 Å². The highest BCUT2D eigenvalue weighted by atomic mass is 16.4. The van der Waals surface area contributed by atoms with Crippen molar-refractivity contribution in [2.75, 3.05) is 6.54 Å². The summed E-state index contributed by atoms with van der Waals surface area (Å²) in [6, 6.07) is 4.07. The maximum Gasteiger partial charge on any atom is 0.322 e. The molecule has 0 aliphatic heterocycles. The van der Waals surface area contributed by atoms with E-state index < -0.39 is 54.3 Å². The molecule has 2 heterocycles. The van der Waals surface area contributed by atoms with Crippen LogP contribution in [-0.2, 0) is 36.8 Å². The molecule has 0 aliphatic carbocycles. The molecule has 38 heavy (non-hydrogen) atoms. The van der Waals surface area contributed by atoms with E-state index in [-0.39, 0.29) is 25.7 Å². The molecule has 14 heteroatoms. The van der Waals surface area contributed by atoms with E-state index >= 15 is 0 Å². The van der Waals surface area contributed by atoms with E-state index in [2.05, 4.69) is 30.9 Å². The van der Waals surface area contributed by atoms with Crippen LogP contribution in [0.4, 0.5) is 0 Å². The van der Waals surface area contributed by atoms with Gasteiger partial charge in [-0.2, -0.15) is 0 Å². The van der Waals surface area contributed by atoms with Crippen molar-refractivity contribution in [1.29, 1.82) is 0 Å². The number of nitrogens with two attached hydrogens (primary N) is 2. The Labute approximate surface area is 216 Å². The average molecular weight is 527 g/mol. The van der Waals surface area contributed by atoms with E-state index in [4.69, 9.17) is 16.6 Å². The van der Waals surface area contributed by atoms with Crippen molar-refractivity contribution < 1.29 is 29.1 Å². The molecule has 0 fully saturated rings. The van der Waals surface area contributed by atoms with Gasteiger partial charge in [-0.25, -0.2) is 4.98 Å². The largest absolute Gasteiger partial charge is 0.480 e. The van der Waals surface area contributed by atoms with E-state index in [0.29, 0.717) is 5.69 Å². The van der Waals surface area contributed by atoms with Gasteiger partial charge in [0.1, 0.15) is 18.6 Å². The number of carbonyl (C=O) groups is 5. The van der Waals surface area contributed by atoms with Crippen molar-refractivity contribution in [2.45, 2.75) is 43.8 Å². The summed E-state index contributed by atoms with van der Waals surface area (Å²) in [4.78, 5) is 70.7. The fraction of sp³-hybridized carbons (Fsp3) is 0.333. The maximum atomic E-state index is 13.1. The van der Waals surface area contributed by atoms with E-state index in [1.807, 2.05) is 24.3 Å². The van der Waals surface area contributed by atoms with Gasteiger partial charge in [0.05, 0.1) is 12.4 Å². The number of carboxylic acids is 1. The zero-order chi connectivity index (χ0) is 27.7. The number of aliphatic carboxylic acids is 1. The van der Waals surface area contributed by atoms with Crippen molar-refractivity contribution in [1.82, 2.24) is 30.9 Å². The molecule has 3 unspecified atom stereocenters. The smallest absolute Gasteiger partial charge is 0.322 e. The van der Waals surface area contributed by atoms with E-state index in [1.54, 1.807) is 6.20 Å². The molecule has 0 spiro atoms. The Kier molecular flexibility index (Phi) is 9.54. The number of primary amides is 1. The number of rotatable bonds is 14. The normalized spacial score (nSPS) is 13.3. The lowest BCUT2D eigenvalue weighted by molar-refractivity contribution is -0.138. The molecular weight excluding hydrogens is 496 g/mol. The minimum Gasteiger partial charge on any atom is -0.480 e. The number of fused-ring (bicyclic) bond motifs is 1. The molecule has 3 rings (SSSR count). The number of imidazole rings is 1. The van der Waals surface area contributed by atoms with Crippen LogP contribution in [0.2, 0.25) is 0 Å². The molecule has 2 aromatic heterocycles. The number of hydrogen-bond acceptors (Lipinski definition) is 7. The Balaban J connectivity index is 1.71. The number of aromatic nitrogens is 3. The number of amides is 4. The van der Waals surface area contributed by atoms with Crippen LogP contribution in [0.15, 0.2) is 43.0 Å². The fourth-order valence-corrected chi connectivity index (χ4v) is 3.85. The zero-order valence-corrected chi connectivity index (χ0v) is 20.4. The molecule has 0 bridgehead atoms. The number of hydrogen-bond donors (Lipinski definition) is 8. The van der Waals surface area contributed by atoms with E-state index in [0.717, 1.165) is 16.5 Å². The Morgan fingerprint density at radius 1 is 0.974 bits per heavy atom. The monoisotopic (exact) mass is 526 g/mol. The summed E-state index contributed by atoms with van der Waals surface area (Å²) >= 11 is 0. The third kappa shape index (κ3) is 7.89. The van der Waals surface area contributed by atoms with Gasteiger partial charge in [0.15, 0.2) is 0 Å². The Morgan fingerprint density at radius 2 is 1.71 bits per heavy atom. The molecule has 4 amide bonds. The van der Waals surface area contributed by atoms with Crippen LogP contribution in [0.5, 0.6) is 0 Å². The second kappa shape index (κ2) is 13.0. The van der Waals surface area contributed by atoms with Gasteiger partial charge in [0.25, 0.3) is 0 Å². The molecule has 202 valence electrons. The summed E-state index contributed by atoms with van der Waals surface area (Å²) in [5.41, 5.74) is 13.6. The number of nitrogens with zero attached hydrogens (tertiary/aromatic N) is 1. The van der Waals surface area contributed by atoms with Crippen molar-refractivity contribution in [2.24, 2.45) is 11.5 Å². The molecule has 0 aliphatic rings. The molecule has 0 saturated carbocycles. The summed E-state index contributed by atoms with van der Waals surface area (Å²) in [6.07, 6.45) is 4.37. The second-order valence-electron chi connectivity index (χ2n) is 8.69.